The molecule has 0 saturated carbocycles. The molecule has 28 heavy (non-hydrogen) atoms. The van der Waals surface area contributed by atoms with Crippen LogP contribution in [-0.4, -0.2) is 48.1 Å². The van der Waals surface area contributed by atoms with Crippen LogP contribution >= 0.6 is 24.8 Å². The van der Waals surface area contributed by atoms with Crippen molar-refractivity contribution >= 4 is 30.7 Å². The Morgan fingerprint density at radius 3 is 2.46 bits per heavy atom. The van der Waals surface area contributed by atoms with Gasteiger partial charge in [-0.05, 0) is 44.4 Å². The predicted molar refractivity (Wildman–Crippen MR) is 117 cm³/mol. The van der Waals surface area contributed by atoms with Crippen LogP contribution in [0, 0.1) is 6.92 Å². The van der Waals surface area contributed by atoms with Gasteiger partial charge < -0.3 is 15.4 Å². The van der Waals surface area contributed by atoms with Crippen molar-refractivity contribution in [2.45, 2.75) is 32.3 Å². The summed E-state index contributed by atoms with van der Waals surface area (Å²) in [6, 6.07) is 10.2. The van der Waals surface area contributed by atoms with E-state index in [0.29, 0.717) is 18.7 Å². The average Bonchev–Trinajstić information content (AvgIpc) is 2.69. The summed E-state index contributed by atoms with van der Waals surface area (Å²) in [5, 5.41) is 0. The minimum Gasteiger partial charge on any atom is -0.378 e. The number of likely N-dealkylation sites (tertiary alicyclic amines) is 1. The van der Waals surface area contributed by atoms with Crippen LogP contribution in [0.25, 0.3) is 11.1 Å². The Morgan fingerprint density at radius 2 is 1.82 bits per heavy atom. The second-order valence-electron chi connectivity index (χ2n) is 6.83. The Morgan fingerprint density at radius 1 is 1.14 bits per heavy atom. The molecular weight excluding hydrogens is 397 g/mol. The van der Waals surface area contributed by atoms with Gasteiger partial charge >= 0.3 is 0 Å². The van der Waals surface area contributed by atoms with Gasteiger partial charge in [0.05, 0.1) is 11.7 Å². The molecule has 0 bridgehead atoms. The number of halogens is 2. The minimum atomic E-state index is 0. The standard InChI is InChI=1S/C21H27N3O2.2ClH/c1-16-3-5-17(6-4-16)18-13-19(15-23-14-18)21(25)24-10-7-20(8-11-24)26-12-2-9-22;;/h3-6,13-15,20H,2,7-12,22H2,1H3;2*1H. The summed E-state index contributed by atoms with van der Waals surface area (Å²) < 4.78 is 5.81. The molecule has 7 heteroatoms. The van der Waals surface area contributed by atoms with Crippen molar-refractivity contribution in [2.75, 3.05) is 26.2 Å². The highest BCUT2D eigenvalue weighted by Crippen LogP contribution is 2.22. The largest absolute Gasteiger partial charge is 0.378 e. The van der Waals surface area contributed by atoms with E-state index >= 15 is 0 Å². The van der Waals surface area contributed by atoms with Crippen molar-refractivity contribution in [3.05, 3.63) is 53.9 Å². The lowest BCUT2D eigenvalue weighted by Gasteiger charge is -2.32. The summed E-state index contributed by atoms with van der Waals surface area (Å²) >= 11 is 0. The molecule has 0 radical (unpaired) electrons. The summed E-state index contributed by atoms with van der Waals surface area (Å²) in [5.74, 6) is 0.0480. The zero-order chi connectivity index (χ0) is 18.4. The van der Waals surface area contributed by atoms with E-state index in [-0.39, 0.29) is 36.8 Å². The van der Waals surface area contributed by atoms with Gasteiger partial charge in [-0.25, -0.2) is 0 Å². The number of hydrogen-bond donors (Lipinski definition) is 1. The van der Waals surface area contributed by atoms with Gasteiger partial charge in [-0.1, -0.05) is 29.8 Å². The van der Waals surface area contributed by atoms with E-state index in [1.165, 1.54) is 5.56 Å². The molecule has 0 spiro atoms. The first-order chi connectivity index (χ1) is 12.7. The van der Waals surface area contributed by atoms with Crippen LogP contribution in [0.5, 0.6) is 0 Å². The fraction of sp³-hybridized carbons (Fsp3) is 0.429. The number of aromatic nitrogens is 1. The van der Waals surface area contributed by atoms with Crippen molar-refractivity contribution in [1.82, 2.24) is 9.88 Å². The average molecular weight is 426 g/mol. The van der Waals surface area contributed by atoms with Crippen LogP contribution in [0.15, 0.2) is 42.7 Å². The fourth-order valence-corrected chi connectivity index (χ4v) is 3.20. The zero-order valence-corrected chi connectivity index (χ0v) is 17.8. The summed E-state index contributed by atoms with van der Waals surface area (Å²) in [6.45, 7) is 4.87. The molecule has 2 aromatic rings. The molecule has 2 N–H and O–H groups in total. The third-order valence-corrected chi connectivity index (χ3v) is 4.80. The number of piperidine rings is 1. The first-order valence-corrected chi connectivity index (χ1v) is 9.30. The van der Waals surface area contributed by atoms with Crippen LogP contribution in [0.3, 0.4) is 0 Å². The number of ether oxygens (including phenoxy) is 1. The van der Waals surface area contributed by atoms with Crippen molar-refractivity contribution in [1.29, 1.82) is 0 Å². The molecule has 0 aliphatic carbocycles. The first kappa shape index (κ1) is 24.4. The summed E-state index contributed by atoms with van der Waals surface area (Å²) in [7, 11) is 0. The van der Waals surface area contributed by atoms with Gasteiger partial charge in [-0.3, -0.25) is 9.78 Å². The van der Waals surface area contributed by atoms with E-state index in [1.54, 1.807) is 12.4 Å². The van der Waals surface area contributed by atoms with Crippen LogP contribution in [-0.2, 0) is 4.74 Å². The first-order valence-electron chi connectivity index (χ1n) is 9.30. The predicted octanol–water partition coefficient (Wildman–Crippen LogP) is 3.87. The second-order valence-corrected chi connectivity index (χ2v) is 6.83. The number of pyridine rings is 1. The molecule has 1 fully saturated rings. The fourth-order valence-electron chi connectivity index (χ4n) is 3.20. The third kappa shape index (κ3) is 6.45. The van der Waals surface area contributed by atoms with Gasteiger partial charge in [0.25, 0.3) is 5.91 Å². The molecule has 0 unspecified atom stereocenters. The van der Waals surface area contributed by atoms with Gasteiger partial charge in [0.2, 0.25) is 0 Å². The molecule has 5 nitrogen and oxygen atoms in total. The number of aryl methyl sites for hydroxylation is 1. The number of carbonyl (C=O) groups excluding carboxylic acids is 1. The number of carbonyl (C=O) groups is 1. The van der Waals surface area contributed by atoms with Gasteiger partial charge in [-0.2, -0.15) is 0 Å². The maximum atomic E-state index is 12.8. The van der Waals surface area contributed by atoms with Crippen molar-refractivity contribution in [3.63, 3.8) is 0 Å². The molecule has 1 aromatic heterocycles. The number of amides is 1. The molecule has 0 atom stereocenters. The SMILES string of the molecule is Cc1ccc(-c2cncc(C(=O)N3CCC(OCCCN)CC3)c2)cc1.Cl.Cl. The van der Waals surface area contributed by atoms with Crippen molar-refractivity contribution in [2.24, 2.45) is 5.73 Å². The van der Waals surface area contributed by atoms with Gasteiger partial charge in [0.1, 0.15) is 0 Å². The van der Waals surface area contributed by atoms with E-state index in [9.17, 15) is 4.79 Å². The molecule has 1 aromatic carbocycles. The molecule has 1 saturated heterocycles. The monoisotopic (exact) mass is 425 g/mol. The molecule has 1 aliphatic heterocycles. The Balaban J connectivity index is 0.00000196. The Kier molecular flexibility index (Phi) is 10.5. The van der Waals surface area contributed by atoms with Crippen molar-refractivity contribution in [3.8, 4) is 11.1 Å². The van der Waals surface area contributed by atoms with Crippen LogP contribution in [0.2, 0.25) is 0 Å². The number of hydrogen-bond acceptors (Lipinski definition) is 4. The lowest BCUT2D eigenvalue weighted by molar-refractivity contribution is 0.00844. The number of benzene rings is 1. The van der Waals surface area contributed by atoms with Crippen molar-refractivity contribution < 1.29 is 9.53 Å². The van der Waals surface area contributed by atoms with Gasteiger partial charge in [-0.15, -0.1) is 24.8 Å². The Bertz CT molecular complexity index is 733. The highest BCUT2D eigenvalue weighted by molar-refractivity contribution is 5.95. The highest BCUT2D eigenvalue weighted by Gasteiger charge is 2.24. The summed E-state index contributed by atoms with van der Waals surface area (Å²) in [6.07, 6.45) is 6.34. The number of nitrogens with two attached hydrogens (primary N) is 1. The second kappa shape index (κ2) is 12.0. The lowest BCUT2D eigenvalue weighted by Crippen LogP contribution is -2.41. The van der Waals surface area contributed by atoms with E-state index in [4.69, 9.17) is 10.5 Å². The minimum absolute atomic E-state index is 0. The highest BCUT2D eigenvalue weighted by atomic mass is 35.5. The van der Waals surface area contributed by atoms with E-state index < -0.39 is 0 Å². The third-order valence-electron chi connectivity index (χ3n) is 4.80. The molecule has 1 aliphatic rings. The zero-order valence-electron chi connectivity index (χ0n) is 16.2. The topological polar surface area (TPSA) is 68.5 Å². The number of rotatable bonds is 6. The normalized spacial score (nSPS) is 14.1. The van der Waals surface area contributed by atoms with E-state index in [1.807, 2.05) is 11.0 Å². The molecule has 3 rings (SSSR count). The van der Waals surface area contributed by atoms with Crippen LogP contribution in [0.4, 0.5) is 0 Å². The maximum Gasteiger partial charge on any atom is 0.255 e. The summed E-state index contributed by atoms with van der Waals surface area (Å²) in [5.41, 5.74) is 9.39. The Hall–Kier alpha value is -1.66. The Labute approximate surface area is 179 Å². The molecule has 1 amide bonds. The smallest absolute Gasteiger partial charge is 0.255 e. The quantitative estimate of drug-likeness (QED) is 0.712. The van der Waals surface area contributed by atoms with Gasteiger partial charge in [0, 0.05) is 37.7 Å². The molecular formula is C21H29Cl2N3O2. The lowest BCUT2D eigenvalue weighted by atomic mass is 10.0. The number of nitrogens with zero attached hydrogens (tertiary/aromatic N) is 2. The maximum absolute atomic E-state index is 12.8. The van der Waals surface area contributed by atoms with E-state index in [0.717, 1.165) is 43.5 Å². The van der Waals surface area contributed by atoms with Crippen LogP contribution < -0.4 is 5.73 Å². The van der Waals surface area contributed by atoms with Gasteiger partial charge in [0.15, 0.2) is 0 Å². The molecule has 2 heterocycles. The van der Waals surface area contributed by atoms with Crippen LogP contribution in [0.1, 0.15) is 35.2 Å². The molecule has 154 valence electrons. The summed E-state index contributed by atoms with van der Waals surface area (Å²) in [4.78, 5) is 19.0. The van der Waals surface area contributed by atoms with E-state index in [2.05, 4.69) is 36.2 Å².